The van der Waals surface area contributed by atoms with Gasteiger partial charge in [0.15, 0.2) is 11.6 Å². The van der Waals surface area contributed by atoms with Crippen molar-refractivity contribution in [2.45, 2.75) is 13.1 Å². The van der Waals surface area contributed by atoms with Crippen molar-refractivity contribution in [2.75, 3.05) is 0 Å². The van der Waals surface area contributed by atoms with Crippen molar-refractivity contribution in [3.8, 4) is 11.5 Å². The predicted octanol–water partition coefficient (Wildman–Crippen LogP) is 1.84. The highest BCUT2D eigenvalue weighted by Gasteiger charge is 2.08. The standard InChI is InChI=1S/C18H16N6O4/c25-17(27-13-7-3-1-4-8-13)19-11-15-21-23-16(24-22-15)12-20-18(26)28-14-9-5-2-6-10-14/h1-10H,11-12H2,(H,19,25)(H,20,26). The molecule has 0 atom stereocenters. The van der Waals surface area contributed by atoms with Gasteiger partial charge in [0, 0.05) is 0 Å². The fourth-order valence-corrected chi connectivity index (χ4v) is 1.98. The van der Waals surface area contributed by atoms with Gasteiger partial charge in [0.2, 0.25) is 0 Å². The minimum atomic E-state index is -0.649. The molecule has 0 saturated carbocycles. The maximum Gasteiger partial charge on any atom is 0.412 e. The fraction of sp³-hybridized carbons (Fsp3) is 0.111. The quantitative estimate of drug-likeness (QED) is 0.663. The third kappa shape index (κ3) is 6.02. The Morgan fingerprint density at radius 3 is 1.36 bits per heavy atom. The Bertz CT molecular complexity index is 830. The van der Waals surface area contributed by atoms with Crippen LogP contribution in [-0.2, 0) is 13.1 Å². The Labute approximate surface area is 159 Å². The summed E-state index contributed by atoms with van der Waals surface area (Å²) in [5, 5.41) is 20.3. The smallest absolute Gasteiger partial charge is 0.410 e. The summed E-state index contributed by atoms with van der Waals surface area (Å²) >= 11 is 0. The second-order valence-electron chi connectivity index (χ2n) is 5.34. The molecule has 28 heavy (non-hydrogen) atoms. The van der Waals surface area contributed by atoms with Crippen LogP contribution in [-0.4, -0.2) is 32.6 Å². The van der Waals surface area contributed by atoms with E-state index in [4.69, 9.17) is 9.47 Å². The lowest BCUT2D eigenvalue weighted by Crippen LogP contribution is -2.29. The topological polar surface area (TPSA) is 128 Å². The number of hydrogen-bond donors (Lipinski definition) is 2. The van der Waals surface area contributed by atoms with E-state index in [0.717, 1.165) is 0 Å². The molecule has 0 unspecified atom stereocenters. The average Bonchev–Trinajstić information content (AvgIpc) is 2.73. The van der Waals surface area contributed by atoms with E-state index in [9.17, 15) is 9.59 Å². The maximum atomic E-state index is 11.7. The number of aromatic nitrogens is 4. The van der Waals surface area contributed by atoms with Gasteiger partial charge in [-0.25, -0.2) is 9.59 Å². The molecule has 0 bridgehead atoms. The van der Waals surface area contributed by atoms with Crippen LogP contribution in [0.1, 0.15) is 11.6 Å². The van der Waals surface area contributed by atoms with Crippen molar-refractivity contribution < 1.29 is 19.1 Å². The monoisotopic (exact) mass is 380 g/mol. The highest BCUT2D eigenvalue weighted by Crippen LogP contribution is 2.09. The molecule has 0 fully saturated rings. The largest absolute Gasteiger partial charge is 0.412 e. The predicted molar refractivity (Wildman–Crippen MR) is 96.2 cm³/mol. The van der Waals surface area contributed by atoms with E-state index in [1.165, 1.54) is 0 Å². The van der Waals surface area contributed by atoms with Crippen LogP contribution in [0.25, 0.3) is 0 Å². The molecule has 0 aliphatic carbocycles. The SMILES string of the molecule is O=C(NCc1nnc(CNC(=O)Oc2ccccc2)nn1)Oc1ccccc1. The summed E-state index contributed by atoms with van der Waals surface area (Å²) in [7, 11) is 0. The third-order valence-corrected chi connectivity index (χ3v) is 3.25. The molecule has 0 aliphatic rings. The van der Waals surface area contributed by atoms with E-state index >= 15 is 0 Å². The first-order chi connectivity index (χ1) is 13.7. The lowest BCUT2D eigenvalue weighted by Gasteiger charge is -2.06. The molecular formula is C18H16N6O4. The molecular weight excluding hydrogens is 364 g/mol. The number of hydrogen-bond acceptors (Lipinski definition) is 8. The van der Waals surface area contributed by atoms with Crippen molar-refractivity contribution in [1.82, 2.24) is 31.0 Å². The number of rotatable bonds is 6. The van der Waals surface area contributed by atoms with Gasteiger partial charge in [-0.05, 0) is 24.3 Å². The summed E-state index contributed by atoms with van der Waals surface area (Å²) < 4.78 is 10.1. The number of ether oxygens (including phenoxy) is 2. The Morgan fingerprint density at radius 2 is 1.00 bits per heavy atom. The molecule has 2 aromatic carbocycles. The van der Waals surface area contributed by atoms with Gasteiger partial charge in [0.05, 0.1) is 13.1 Å². The number of para-hydroxylation sites is 2. The van der Waals surface area contributed by atoms with Crippen molar-refractivity contribution >= 4 is 12.2 Å². The molecule has 0 aliphatic heterocycles. The number of benzene rings is 2. The lowest BCUT2D eigenvalue weighted by atomic mass is 10.3. The molecule has 2 amide bonds. The van der Waals surface area contributed by atoms with Crippen LogP contribution in [0.3, 0.4) is 0 Å². The van der Waals surface area contributed by atoms with E-state index in [1.54, 1.807) is 48.5 Å². The average molecular weight is 380 g/mol. The number of nitrogens with zero attached hydrogens (tertiary/aromatic N) is 4. The first-order valence-corrected chi connectivity index (χ1v) is 8.25. The Kier molecular flexibility index (Phi) is 6.39. The van der Waals surface area contributed by atoms with Gasteiger partial charge >= 0.3 is 12.2 Å². The molecule has 3 rings (SSSR count). The normalized spacial score (nSPS) is 10.0. The van der Waals surface area contributed by atoms with Gasteiger partial charge < -0.3 is 20.1 Å². The van der Waals surface area contributed by atoms with Crippen molar-refractivity contribution in [3.05, 3.63) is 72.3 Å². The molecule has 0 spiro atoms. The summed E-state index contributed by atoms with van der Waals surface area (Å²) in [4.78, 5) is 23.4. The Hall–Kier alpha value is -4.08. The molecule has 1 heterocycles. The van der Waals surface area contributed by atoms with Crippen LogP contribution in [0.2, 0.25) is 0 Å². The molecule has 1 aromatic heterocycles. The molecule has 142 valence electrons. The molecule has 0 saturated heterocycles. The van der Waals surface area contributed by atoms with Crippen LogP contribution in [0, 0.1) is 0 Å². The maximum absolute atomic E-state index is 11.7. The van der Waals surface area contributed by atoms with Crippen LogP contribution in [0.4, 0.5) is 9.59 Å². The van der Waals surface area contributed by atoms with Crippen molar-refractivity contribution in [3.63, 3.8) is 0 Å². The van der Waals surface area contributed by atoms with Crippen molar-refractivity contribution in [2.24, 2.45) is 0 Å². The molecule has 2 N–H and O–H groups in total. The highest BCUT2D eigenvalue weighted by molar-refractivity contribution is 5.70. The lowest BCUT2D eigenvalue weighted by molar-refractivity contribution is 0.198. The van der Waals surface area contributed by atoms with E-state index in [0.29, 0.717) is 11.5 Å². The second-order valence-corrected chi connectivity index (χ2v) is 5.34. The van der Waals surface area contributed by atoms with Gasteiger partial charge in [0.1, 0.15) is 11.5 Å². The van der Waals surface area contributed by atoms with Gasteiger partial charge in [-0.15, -0.1) is 20.4 Å². The van der Waals surface area contributed by atoms with Crippen molar-refractivity contribution in [1.29, 1.82) is 0 Å². The van der Waals surface area contributed by atoms with Gasteiger partial charge in [0.25, 0.3) is 0 Å². The minimum absolute atomic E-state index is 0.00454. The molecule has 10 heteroatoms. The van der Waals surface area contributed by atoms with Gasteiger partial charge in [-0.2, -0.15) is 0 Å². The summed E-state index contributed by atoms with van der Waals surface area (Å²) in [6.45, 7) is -0.00908. The summed E-state index contributed by atoms with van der Waals surface area (Å²) in [5.41, 5.74) is 0. The second kappa shape index (κ2) is 9.57. The van der Waals surface area contributed by atoms with E-state index in [2.05, 4.69) is 31.0 Å². The number of amides is 2. The number of nitrogens with one attached hydrogen (secondary N) is 2. The minimum Gasteiger partial charge on any atom is -0.410 e. The summed E-state index contributed by atoms with van der Waals surface area (Å²) in [6, 6.07) is 17.3. The van der Waals surface area contributed by atoms with E-state index < -0.39 is 12.2 Å². The number of carbonyl (C=O) groups excluding carboxylic acids is 2. The van der Waals surface area contributed by atoms with E-state index in [-0.39, 0.29) is 24.7 Å². The molecule has 3 aromatic rings. The van der Waals surface area contributed by atoms with E-state index in [1.807, 2.05) is 12.1 Å². The first kappa shape index (κ1) is 18.7. The summed E-state index contributed by atoms with van der Waals surface area (Å²) in [5.74, 6) is 1.23. The van der Waals surface area contributed by atoms with Gasteiger partial charge in [-0.1, -0.05) is 36.4 Å². The molecule has 0 radical (unpaired) electrons. The Morgan fingerprint density at radius 1 is 0.643 bits per heavy atom. The summed E-state index contributed by atoms with van der Waals surface area (Å²) in [6.07, 6.45) is -1.30. The van der Waals surface area contributed by atoms with Crippen LogP contribution in [0.5, 0.6) is 11.5 Å². The first-order valence-electron chi connectivity index (χ1n) is 8.25. The van der Waals surface area contributed by atoms with Crippen LogP contribution >= 0.6 is 0 Å². The third-order valence-electron chi connectivity index (χ3n) is 3.25. The zero-order valence-corrected chi connectivity index (χ0v) is 14.6. The molecule has 10 nitrogen and oxygen atoms in total. The highest BCUT2D eigenvalue weighted by atomic mass is 16.6. The van der Waals surface area contributed by atoms with Gasteiger partial charge in [-0.3, -0.25) is 0 Å². The zero-order chi connectivity index (χ0) is 19.6. The number of carbonyl (C=O) groups is 2. The fourth-order valence-electron chi connectivity index (χ4n) is 1.98. The van der Waals surface area contributed by atoms with Crippen LogP contribution in [0.15, 0.2) is 60.7 Å². The Balaban J connectivity index is 1.40. The van der Waals surface area contributed by atoms with Crippen LogP contribution < -0.4 is 20.1 Å². The zero-order valence-electron chi connectivity index (χ0n) is 14.6.